The molecule has 0 radical (unpaired) electrons. The van der Waals surface area contributed by atoms with Crippen LogP contribution in [0.25, 0.3) is 0 Å². The summed E-state index contributed by atoms with van der Waals surface area (Å²) in [5.74, 6) is 0. The van der Waals surface area contributed by atoms with Crippen LogP contribution in [-0.4, -0.2) is 47.7 Å². The topological polar surface area (TPSA) is 59.0 Å². The van der Waals surface area contributed by atoms with Crippen LogP contribution in [0.1, 0.15) is 33.6 Å². The van der Waals surface area contributed by atoms with E-state index in [-0.39, 0.29) is 12.6 Å². The number of aliphatic hydroxyl groups is 1. The first-order valence-corrected chi connectivity index (χ1v) is 5.73. The Morgan fingerprint density at radius 3 is 2.88 bits per heavy atom. The van der Waals surface area contributed by atoms with Gasteiger partial charge in [0, 0.05) is 0 Å². The molecule has 5 heteroatoms. The number of ether oxygens (including phenoxy) is 2. The summed E-state index contributed by atoms with van der Waals surface area (Å²) in [4.78, 5) is 13.3. The standard InChI is InChI=1S/C11H21NO4/c1-4-5-6-15-10(14)12-9(7-13)8-16-11(12,2)3/h9,13H,4-8H2,1-3H3/t9-/m0/s1. The van der Waals surface area contributed by atoms with Crippen LogP contribution < -0.4 is 0 Å². The van der Waals surface area contributed by atoms with Crippen molar-refractivity contribution in [3.05, 3.63) is 0 Å². The summed E-state index contributed by atoms with van der Waals surface area (Å²) in [5.41, 5.74) is -0.698. The van der Waals surface area contributed by atoms with E-state index in [1.807, 2.05) is 6.92 Å². The molecule has 1 aliphatic heterocycles. The first kappa shape index (κ1) is 13.3. The van der Waals surface area contributed by atoms with Gasteiger partial charge in [-0.15, -0.1) is 0 Å². The SMILES string of the molecule is CCCCOC(=O)N1[C@@H](CO)COC1(C)C. The van der Waals surface area contributed by atoms with E-state index in [2.05, 4.69) is 0 Å². The third kappa shape index (κ3) is 2.86. The Kier molecular flexibility index (Phi) is 4.56. The fourth-order valence-electron chi connectivity index (χ4n) is 1.76. The van der Waals surface area contributed by atoms with Gasteiger partial charge in [0.15, 0.2) is 0 Å². The van der Waals surface area contributed by atoms with Gasteiger partial charge in [-0.2, -0.15) is 0 Å². The fraction of sp³-hybridized carbons (Fsp3) is 0.909. The number of carbonyl (C=O) groups excluding carboxylic acids is 1. The molecular formula is C11H21NO4. The molecule has 1 heterocycles. The number of amides is 1. The van der Waals surface area contributed by atoms with Crippen molar-refractivity contribution in [2.75, 3.05) is 19.8 Å². The molecule has 1 aliphatic rings. The summed E-state index contributed by atoms with van der Waals surface area (Å²) < 4.78 is 10.6. The van der Waals surface area contributed by atoms with Gasteiger partial charge in [-0.3, -0.25) is 4.90 Å². The van der Waals surface area contributed by atoms with Gasteiger partial charge in [0.05, 0.1) is 25.9 Å². The Balaban J connectivity index is 2.56. The van der Waals surface area contributed by atoms with Crippen molar-refractivity contribution in [3.63, 3.8) is 0 Å². The van der Waals surface area contributed by atoms with Gasteiger partial charge in [-0.05, 0) is 20.3 Å². The third-order valence-corrected chi connectivity index (χ3v) is 2.71. The van der Waals surface area contributed by atoms with Gasteiger partial charge in [-0.25, -0.2) is 4.79 Å². The summed E-state index contributed by atoms with van der Waals surface area (Å²) >= 11 is 0. The Morgan fingerprint density at radius 1 is 1.62 bits per heavy atom. The predicted octanol–water partition coefficient (Wildman–Crippen LogP) is 1.35. The van der Waals surface area contributed by atoms with Crippen molar-refractivity contribution in [2.45, 2.75) is 45.4 Å². The molecule has 0 spiro atoms. The fourth-order valence-corrected chi connectivity index (χ4v) is 1.76. The summed E-state index contributed by atoms with van der Waals surface area (Å²) in [6, 6.07) is -0.302. The number of hydrogen-bond donors (Lipinski definition) is 1. The van der Waals surface area contributed by atoms with Gasteiger partial charge in [0.2, 0.25) is 0 Å². The van der Waals surface area contributed by atoms with Crippen LogP contribution in [0.4, 0.5) is 4.79 Å². The largest absolute Gasteiger partial charge is 0.449 e. The number of hydrogen-bond acceptors (Lipinski definition) is 4. The van der Waals surface area contributed by atoms with Crippen molar-refractivity contribution in [2.24, 2.45) is 0 Å². The molecule has 0 aromatic rings. The molecule has 0 aliphatic carbocycles. The van der Waals surface area contributed by atoms with E-state index in [1.54, 1.807) is 13.8 Å². The van der Waals surface area contributed by atoms with Gasteiger partial charge in [0.25, 0.3) is 0 Å². The lowest BCUT2D eigenvalue weighted by atomic mass is 10.2. The highest BCUT2D eigenvalue weighted by atomic mass is 16.6. The zero-order valence-electron chi connectivity index (χ0n) is 10.2. The molecule has 0 bridgehead atoms. The normalized spacial score (nSPS) is 23.5. The zero-order chi connectivity index (χ0) is 12.2. The highest BCUT2D eigenvalue weighted by molar-refractivity contribution is 5.69. The second-order valence-electron chi connectivity index (χ2n) is 4.43. The molecule has 1 rings (SSSR count). The van der Waals surface area contributed by atoms with Crippen LogP contribution >= 0.6 is 0 Å². The Bertz CT molecular complexity index is 242. The van der Waals surface area contributed by atoms with Crippen LogP contribution in [0, 0.1) is 0 Å². The predicted molar refractivity (Wildman–Crippen MR) is 59.0 cm³/mol. The molecule has 1 amide bonds. The Hall–Kier alpha value is -0.810. The molecule has 1 fully saturated rings. The number of carbonyl (C=O) groups is 1. The summed E-state index contributed by atoms with van der Waals surface area (Å²) in [6.07, 6.45) is 1.43. The van der Waals surface area contributed by atoms with Crippen molar-refractivity contribution < 1.29 is 19.4 Å². The van der Waals surface area contributed by atoms with Gasteiger partial charge in [0.1, 0.15) is 5.72 Å². The van der Waals surface area contributed by atoms with E-state index in [1.165, 1.54) is 4.90 Å². The van der Waals surface area contributed by atoms with E-state index in [4.69, 9.17) is 14.6 Å². The van der Waals surface area contributed by atoms with E-state index in [0.29, 0.717) is 13.2 Å². The Labute approximate surface area is 96.3 Å². The lowest BCUT2D eigenvalue weighted by molar-refractivity contribution is -0.0496. The van der Waals surface area contributed by atoms with Gasteiger partial charge >= 0.3 is 6.09 Å². The minimum Gasteiger partial charge on any atom is -0.449 e. The molecule has 0 unspecified atom stereocenters. The molecule has 1 N–H and O–H groups in total. The van der Waals surface area contributed by atoms with E-state index >= 15 is 0 Å². The van der Waals surface area contributed by atoms with Gasteiger partial charge < -0.3 is 14.6 Å². The van der Waals surface area contributed by atoms with Crippen LogP contribution in [0.15, 0.2) is 0 Å². The quantitative estimate of drug-likeness (QED) is 0.742. The van der Waals surface area contributed by atoms with Gasteiger partial charge in [-0.1, -0.05) is 13.3 Å². The highest BCUT2D eigenvalue weighted by Crippen LogP contribution is 2.27. The molecule has 0 saturated carbocycles. The van der Waals surface area contributed by atoms with Crippen LogP contribution in [0.5, 0.6) is 0 Å². The monoisotopic (exact) mass is 231 g/mol. The minimum absolute atomic E-state index is 0.105. The first-order chi connectivity index (χ1) is 7.53. The molecule has 1 atom stereocenters. The molecule has 16 heavy (non-hydrogen) atoms. The lowest BCUT2D eigenvalue weighted by Gasteiger charge is -2.32. The van der Waals surface area contributed by atoms with Crippen LogP contribution in [-0.2, 0) is 9.47 Å². The van der Waals surface area contributed by atoms with Crippen molar-refractivity contribution >= 4 is 6.09 Å². The first-order valence-electron chi connectivity index (χ1n) is 5.73. The van der Waals surface area contributed by atoms with Crippen LogP contribution in [0.3, 0.4) is 0 Å². The number of unbranched alkanes of at least 4 members (excludes halogenated alkanes) is 1. The van der Waals surface area contributed by atoms with E-state index < -0.39 is 11.8 Å². The number of nitrogens with zero attached hydrogens (tertiary/aromatic N) is 1. The zero-order valence-corrected chi connectivity index (χ0v) is 10.2. The lowest BCUT2D eigenvalue weighted by Crippen LogP contribution is -2.49. The van der Waals surface area contributed by atoms with E-state index in [9.17, 15) is 4.79 Å². The maximum absolute atomic E-state index is 11.8. The molecule has 5 nitrogen and oxygen atoms in total. The minimum atomic E-state index is -0.698. The van der Waals surface area contributed by atoms with Crippen molar-refractivity contribution in [1.29, 1.82) is 0 Å². The van der Waals surface area contributed by atoms with Crippen LogP contribution in [0.2, 0.25) is 0 Å². The van der Waals surface area contributed by atoms with E-state index in [0.717, 1.165) is 12.8 Å². The maximum atomic E-state index is 11.8. The van der Waals surface area contributed by atoms with Crippen molar-refractivity contribution in [3.8, 4) is 0 Å². The third-order valence-electron chi connectivity index (χ3n) is 2.71. The average molecular weight is 231 g/mol. The maximum Gasteiger partial charge on any atom is 0.412 e. The highest BCUT2D eigenvalue weighted by Gasteiger charge is 2.44. The second kappa shape index (κ2) is 5.50. The van der Waals surface area contributed by atoms with Crippen molar-refractivity contribution in [1.82, 2.24) is 4.90 Å². The molecule has 0 aromatic carbocycles. The molecular weight excluding hydrogens is 210 g/mol. The summed E-state index contributed by atoms with van der Waals surface area (Å²) in [7, 11) is 0. The number of rotatable bonds is 4. The smallest absolute Gasteiger partial charge is 0.412 e. The Morgan fingerprint density at radius 2 is 2.31 bits per heavy atom. The number of aliphatic hydroxyl groups excluding tert-OH is 1. The summed E-state index contributed by atoms with van der Waals surface area (Å²) in [6.45, 7) is 6.29. The second-order valence-corrected chi connectivity index (χ2v) is 4.43. The average Bonchev–Trinajstić information content (AvgIpc) is 2.53. The molecule has 94 valence electrons. The molecule has 0 aromatic heterocycles. The molecule has 1 saturated heterocycles. The summed E-state index contributed by atoms with van der Waals surface area (Å²) in [5, 5.41) is 9.16.